The van der Waals surface area contributed by atoms with Crippen molar-refractivity contribution in [3.63, 3.8) is 0 Å². The Morgan fingerprint density at radius 3 is 2.19 bits per heavy atom. The average Bonchev–Trinajstić information content (AvgIpc) is 2.26. The van der Waals surface area contributed by atoms with E-state index in [1.807, 2.05) is 13.8 Å². The van der Waals surface area contributed by atoms with E-state index in [1.54, 1.807) is 11.8 Å². The molecule has 0 aliphatic carbocycles. The van der Waals surface area contributed by atoms with Crippen molar-refractivity contribution in [3.8, 4) is 0 Å². The normalized spacial score (nSPS) is 14.2. The minimum atomic E-state index is -0.757. The third-order valence-corrected chi connectivity index (χ3v) is 2.45. The van der Waals surface area contributed by atoms with Crippen molar-refractivity contribution in [1.29, 1.82) is 0 Å². The van der Waals surface area contributed by atoms with Gasteiger partial charge in [-0.3, -0.25) is 9.59 Å². The Labute approximate surface area is 96.3 Å². The van der Waals surface area contributed by atoms with Crippen molar-refractivity contribution in [2.75, 3.05) is 19.6 Å². The number of nitrogens with two attached hydrogens (primary N) is 2. The quantitative estimate of drug-likeness (QED) is 0.503. The molecule has 0 bridgehead atoms. The van der Waals surface area contributed by atoms with Gasteiger partial charge in [-0.15, -0.1) is 0 Å². The summed E-state index contributed by atoms with van der Waals surface area (Å²) in [5.74, 6) is -0.573. The van der Waals surface area contributed by atoms with Crippen molar-refractivity contribution in [2.24, 2.45) is 11.5 Å². The van der Waals surface area contributed by atoms with Gasteiger partial charge in [0.05, 0.1) is 12.1 Å². The number of rotatable bonds is 7. The molecule has 5 N–H and O–H groups in total. The van der Waals surface area contributed by atoms with E-state index in [2.05, 4.69) is 5.32 Å². The molecular weight excluding hydrogens is 208 g/mol. The Hall–Kier alpha value is -1.14. The molecule has 0 heterocycles. The predicted molar refractivity (Wildman–Crippen MR) is 62.6 cm³/mol. The van der Waals surface area contributed by atoms with Crippen LogP contribution in [0.15, 0.2) is 0 Å². The Kier molecular flexibility index (Phi) is 6.67. The van der Waals surface area contributed by atoms with Crippen LogP contribution in [0.3, 0.4) is 0 Å². The second-order valence-corrected chi connectivity index (χ2v) is 3.65. The van der Waals surface area contributed by atoms with Crippen LogP contribution in [-0.2, 0) is 9.59 Å². The molecule has 0 aromatic rings. The molecule has 2 atom stereocenters. The van der Waals surface area contributed by atoms with Gasteiger partial charge in [0.25, 0.3) is 0 Å². The van der Waals surface area contributed by atoms with Gasteiger partial charge in [0.15, 0.2) is 0 Å². The van der Waals surface area contributed by atoms with E-state index < -0.39 is 11.9 Å². The Morgan fingerprint density at radius 2 is 1.81 bits per heavy atom. The topological polar surface area (TPSA) is 101 Å². The molecule has 94 valence electrons. The number of nitrogens with one attached hydrogen (secondary N) is 1. The van der Waals surface area contributed by atoms with Gasteiger partial charge in [-0.1, -0.05) is 0 Å². The molecular formula is C10H22N4O2. The molecule has 0 aromatic carbocycles. The van der Waals surface area contributed by atoms with E-state index in [4.69, 9.17) is 11.5 Å². The summed E-state index contributed by atoms with van der Waals surface area (Å²) in [6.45, 7) is 7.14. The van der Waals surface area contributed by atoms with Crippen molar-refractivity contribution in [1.82, 2.24) is 10.2 Å². The Morgan fingerprint density at radius 1 is 1.31 bits per heavy atom. The van der Waals surface area contributed by atoms with E-state index in [0.29, 0.717) is 13.1 Å². The summed E-state index contributed by atoms with van der Waals surface area (Å²) in [5, 5.41) is 2.90. The monoisotopic (exact) mass is 230 g/mol. The van der Waals surface area contributed by atoms with Crippen LogP contribution >= 0.6 is 0 Å². The fourth-order valence-electron chi connectivity index (χ4n) is 1.30. The van der Waals surface area contributed by atoms with E-state index in [-0.39, 0.29) is 18.5 Å². The molecule has 0 saturated heterocycles. The third kappa shape index (κ3) is 4.59. The van der Waals surface area contributed by atoms with Gasteiger partial charge < -0.3 is 21.7 Å². The number of nitrogens with zero attached hydrogens (tertiary/aromatic N) is 1. The van der Waals surface area contributed by atoms with Gasteiger partial charge in [-0.05, 0) is 20.8 Å². The predicted octanol–water partition coefficient (Wildman–Crippen LogP) is -1.35. The highest BCUT2D eigenvalue weighted by atomic mass is 16.2. The van der Waals surface area contributed by atoms with Crippen LogP contribution in [0.2, 0.25) is 0 Å². The minimum absolute atomic E-state index is 0.00155. The molecule has 6 nitrogen and oxygen atoms in total. The summed E-state index contributed by atoms with van der Waals surface area (Å²) < 4.78 is 0. The lowest BCUT2D eigenvalue weighted by molar-refractivity contribution is -0.132. The van der Waals surface area contributed by atoms with Crippen LogP contribution in [0, 0.1) is 0 Å². The molecule has 2 unspecified atom stereocenters. The molecule has 0 radical (unpaired) electrons. The van der Waals surface area contributed by atoms with Gasteiger partial charge in [0.2, 0.25) is 11.8 Å². The standard InChI is InChI=1S/C10H22N4O2/c1-4-14(5-2)10(16)7(3)13-6-8(11)9(12)15/h7-8,13H,4-6,11H2,1-3H3,(H2,12,15). The zero-order chi connectivity index (χ0) is 12.7. The molecule has 0 aliphatic heterocycles. The second kappa shape index (κ2) is 7.19. The van der Waals surface area contributed by atoms with Gasteiger partial charge in [0, 0.05) is 19.6 Å². The molecule has 0 rings (SSSR count). The first-order valence-corrected chi connectivity index (χ1v) is 5.51. The summed E-state index contributed by atoms with van der Waals surface area (Å²) in [4.78, 5) is 24.2. The number of carbonyl (C=O) groups is 2. The highest BCUT2D eigenvalue weighted by Gasteiger charge is 2.19. The summed E-state index contributed by atoms with van der Waals surface area (Å²) in [7, 11) is 0. The van der Waals surface area contributed by atoms with Crippen LogP contribution in [-0.4, -0.2) is 48.4 Å². The summed E-state index contributed by atoms with van der Waals surface area (Å²) in [6, 6.07) is -1.11. The van der Waals surface area contributed by atoms with E-state index in [9.17, 15) is 9.59 Å². The molecule has 2 amide bonds. The molecule has 6 heteroatoms. The Bertz CT molecular complexity index is 241. The fourth-order valence-corrected chi connectivity index (χ4v) is 1.30. The van der Waals surface area contributed by atoms with E-state index in [1.165, 1.54) is 0 Å². The van der Waals surface area contributed by atoms with Crippen LogP contribution < -0.4 is 16.8 Å². The number of amides is 2. The van der Waals surface area contributed by atoms with Crippen LogP contribution in [0.1, 0.15) is 20.8 Å². The number of hydrogen-bond donors (Lipinski definition) is 3. The van der Waals surface area contributed by atoms with Crippen molar-refractivity contribution in [2.45, 2.75) is 32.9 Å². The van der Waals surface area contributed by atoms with Crippen molar-refractivity contribution < 1.29 is 9.59 Å². The molecule has 0 aromatic heterocycles. The first-order chi connectivity index (χ1) is 7.43. The van der Waals surface area contributed by atoms with E-state index >= 15 is 0 Å². The van der Waals surface area contributed by atoms with Gasteiger partial charge >= 0.3 is 0 Å². The van der Waals surface area contributed by atoms with E-state index in [0.717, 1.165) is 0 Å². The average molecular weight is 230 g/mol. The van der Waals surface area contributed by atoms with Crippen molar-refractivity contribution in [3.05, 3.63) is 0 Å². The summed E-state index contributed by atoms with van der Waals surface area (Å²) in [6.07, 6.45) is 0. The maximum Gasteiger partial charge on any atom is 0.239 e. The van der Waals surface area contributed by atoms with Gasteiger partial charge in [-0.2, -0.15) is 0 Å². The van der Waals surface area contributed by atoms with Gasteiger partial charge in [-0.25, -0.2) is 0 Å². The first-order valence-electron chi connectivity index (χ1n) is 5.51. The molecule has 0 aliphatic rings. The largest absolute Gasteiger partial charge is 0.368 e. The second-order valence-electron chi connectivity index (χ2n) is 3.65. The third-order valence-electron chi connectivity index (χ3n) is 2.45. The maximum absolute atomic E-state index is 11.8. The number of carbonyl (C=O) groups excluding carboxylic acids is 2. The lowest BCUT2D eigenvalue weighted by atomic mass is 10.2. The van der Waals surface area contributed by atoms with Crippen LogP contribution in [0.5, 0.6) is 0 Å². The summed E-state index contributed by atoms with van der Waals surface area (Å²) in [5.41, 5.74) is 10.5. The maximum atomic E-state index is 11.8. The van der Waals surface area contributed by atoms with Crippen molar-refractivity contribution >= 4 is 11.8 Å². The highest BCUT2D eigenvalue weighted by Crippen LogP contribution is 1.94. The fraction of sp³-hybridized carbons (Fsp3) is 0.800. The number of primary amides is 1. The zero-order valence-electron chi connectivity index (χ0n) is 10.2. The smallest absolute Gasteiger partial charge is 0.239 e. The lowest BCUT2D eigenvalue weighted by Crippen LogP contribution is -2.51. The van der Waals surface area contributed by atoms with Gasteiger partial charge in [0.1, 0.15) is 0 Å². The minimum Gasteiger partial charge on any atom is -0.368 e. The molecule has 0 fully saturated rings. The zero-order valence-corrected chi connectivity index (χ0v) is 10.2. The Balaban J connectivity index is 4.10. The van der Waals surface area contributed by atoms with Crippen LogP contribution in [0.25, 0.3) is 0 Å². The number of likely N-dealkylation sites (N-methyl/N-ethyl adjacent to an activating group) is 1. The number of hydrogen-bond acceptors (Lipinski definition) is 4. The first kappa shape index (κ1) is 14.9. The highest BCUT2D eigenvalue weighted by molar-refractivity contribution is 5.82. The molecule has 16 heavy (non-hydrogen) atoms. The summed E-state index contributed by atoms with van der Waals surface area (Å²) >= 11 is 0. The van der Waals surface area contributed by atoms with Crippen LogP contribution in [0.4, 0.5) is 0 Å². The molecule has 0 spiro atoms. The SMILES string of the molecule is CCN(CC)C(=O)C(C)NCC(N)C(N)=O. The lowest BCUT2D eigenvalue weighted by Gasteiger charge is -2.24. The molecule has 0 saturated carbocycles.